The Kier molecular flexibility index (Phi) is 5.28. The van der Waals surface area contributed by atoms with Crippen LogP contribution in [0.25, 0.3) is 0 Å². The van der Waals surface area contributed by atoms with Gasteiger partial charge >= 0.3 is 12.3 Å². The fourth-order valence-electron chi connectivity index (χ4n) is 1.38. The van der Waals surface area contributed by atoms with Gasteiger partial charge in [0.2, 0.25) is 0 Å². The van der Waals surface area contributed by atoms with Crippen LogP contribution in [0.4, 0.5) is 22.0 Å². The standard InChI is InChI=1S/C11H10F5NO4/c1-2-20-7(18)4-5-3-6(9(12)13)17-10(8(5)19)21-11(14,15)16/h3,9,19H,2,4H2,1H3. The van der Waals surface area contributed by atoms with Crippen molar-refractivity contribution in [2.24, 2.45) is 0 Å². The van der Waals surface area contributed by atoms with Gasteiger partial charge < -0.3 is 14.6 Å². The third kappa shape index (κ3) is 5.04. The maximum atomic E-state index is 12.6. The van der Waals surface area contributed by atoms with E-state index in [0.717, 1.165) is 0 Å². The highest BCUT2D eigenvalue weighted by Crippen LogP contribution is 2.35. The molecule has 0 aromatic carbocycles. The van der Waals surface area contributed by atoms with Crippen LogP contribution in [0.2, 0.25) is 0 Å². The smallest absolute Gasteiger partial charge is 0.503 e. The first-order valence-electron chi connectivity index (χ1n) is 5.56. The van der Waals surface area contributed by atoms with Gasteiger partial charge in [0.05, 0.1) is 13.0 Å². The second-order valence-electron chi connectivity index (χ2n) is 3.69. The van der Waals surface area contributed by atoms with Crippen molar-refractivity contribution >= 4 is 5.97 Å². The Balaban J connectivity index is 3.19. The summed E-state index contributed by atoms with van der Waals surface area (Å²) in [4.78, 5) is 14.1. The number of aromatic hydroxyl groups is 1. The highest BCUT2D eigenvalue weighted by molar-refractivity contribution is 5.74. The van der Waals surface area contributed by atoms with Crippen molar-refractivity contribution < 1.29 is 41.3 Å². The molecule has 10 heteroatoms. The van der Waals surface area contributed by atoms with Crippen molar-refractivity contribution in [2.45, 2.75) is 26.1 Å². The van der Waals surface area contributed by atoms with Gasteiger partial charge in [-0.2, -0.15) is 0 Å². The normalized spacial score (nSPS) is 11.6. The number of alkyl halides is 5. The first kappa shape index (κ1) is 16.9. The molecule has 0 spiro atoms. The predicted molar refractivity (Wildman–Crippen MR) is 57.9 cm³/mol. The molecule has 5 nitrogen and oxygen atoms in total. The summed E-state index contributed by atoms with van der Waals surface area (Å²) in [7, 11) is 0. The van der Waals surface area contributed by atoms with E-state index in [1.807, 2.05) is 0 Å². The molecule has 1 rings (SSSR count). The number of nitrogens with zero attached hydrogens (tertiary/aromatic N) is 1. The Morgan fingerprint density at radius 2 is 2.05 bits per heavy atom. The van der Waals surface area contributed by atoms with E-state index in [4.69, 9.17) is 0 Å². The molecule has 0 radical (unpaired) electrons. The molecule has 21 heavy (non-hydrogen) atoms. The molecule has 1 aromatic heterocycles. The Morgan fingerprint density at radius 1 is 1.43 bits per heavy atom. The first-order chi connectivity index (χ1) is 9.64. The van der Waals surface area contributed by atoms with E-state index in [-0.39, 0.29) is 6.61 Å². The number of esters is 1. The van der Waals surface area contributed by atoms with Gasteiger partial charge in [-0.05, 0) is 13.0 Å². The van der Waals surface area contributed by atoms with Gasteiger partial charge in [0.25, 0.3) is 12.3 Å². The number of pyridine rings is 1. The van der Waals surface area contributed by atoms with E-state index in [2.05, 4.69) is 14.5 Å². The lowest BCUT2D eigenvalue weighted by molar-refractivity contribution is -0.276. The van der Waals surface area contributed by atoms with E-state index in [0.29, 0.717) is 6.07 Å². The quantitative estimate of drug-likeness (QED) is 0.668. The Hall–Kier alpha value is -2.13. The van der Waals surface area contributed by atoms with Gasteiger partial charge in [-0.3, -0.25) is 4.79 Å². The zero-order valence-corrected chi connectivity index (χ0v) is 10.6. The van der Waals surface area contributed by atoms with Crippen LogP contribution in [-0.4, -0.2) is 29.0 Å². The monoisotopic (exact) mass is 315 g/mol. The van der Waals surface area contributed by atoms with E-state index in [1.165, 1.54) is 6.92 Å². The average molecular weight is 315 g/mol. The van der Waals surface area contributed by atoms with Crippen LogP contribution in [-0.2, 0) is 16.0 Å². The fraction of sp³-hybridized carbons (Fsp3) is 0.455. The van der Waals surface area contributed by atoms with E-state index in [9.17, 15) is 31.9 Å². The van der Waals surface area contributed by atoms with Gasteiger partial charge in [0.15, 0.2) is 5.75 Å². The van der Waals surface area contributed by atoms with Crippen molar-refractivity contribution in [3.63, 3.8) is 0 Å². The maximum Gasteiger partial charge on any atom is 0.574 e. The summed E-state index contributed by atoms with van der Waals surface area (Å²) in [5, 5.41) is 9.54. The molecule has 0 saturated carbocycles. The Morgan fingerprint density at radius 3 is 2.52 bits per heavy atom. The molecule has 0 atom stereocenters. The molecule has 1 aromatic rings. The first-order valence-corrected chi connectivity index (χ1v) is 5.56. The molecule has 0 bridgehead atoms. The number of carbonyl (C=O) groups excluding carboxylic acids is 1. The second-order valence-corrected chi connectivity index (χ2v) is 3.69. The lowest BCUT2D eigenvalue weighted by Crippen LogP contribution is -2.19. The summed E-state index contributed by atoms with van der Waals surface area (Å²) in [6.07, 6.45) is -9.13. The molecular weight excluding hydrogens is 305 g/mol. The molecule has 0 aliphatic heterocycles. The molecule has 1 N–H and O–H groups in total. The highest BCUT2D eigenvalue weighted by atomic mass is 19.4. The lowest BCUT2D eigenvalue weighted by atomic mass is 10.1. The van der Waals surface area contributed by atoms with Crippen molar-refractivity contribution in [3.8, 4) is 11.6 Å². The SMILES string of the molecule is CCOC(=O)Cc1cc(C(F)F)nc(OC(F)(F)F)c1O. The van der Waals surface area contributed by atoms with Crippen molar-refractivity contribution in [1.29, 1.82) is 0 Å². The second kappa shape index (κ2) is 6.55. The van der Waals surface area contributed by atoms with Crippen LogP contribution in [0.3, 0.4) is 0 Å². The number of hydrogen-bond acceptors (Lipinski definition) is 5. The summed E-state index contributed by atoms with van der Waals surface area (Å²) in [6, 6.07) is 0.611. The van der Waals surface area contributed by atoms with Crippen LogP contribution in [0.1, 0.15) is 24.6 Å². The van der Waals surface area contributed by atoms with Crippen LogP contribution >= 0.6 is 0 Å². The maximum absolute atomic E-state index is 12.6. The minimum atomic E-state index is -5.23. The van der Waals surface area contributed by atoms with Crippen LogP contribution < -0.4 is 4.74 Å². The molecule has 0 aliphatic carbocycles. The van der Waals surface area contributed by atoms with Gasteiger partial charge in [0, 0.05) is 5.56 Å². The number of hydrogen-bond donors (Lipinski definition) is 1. The molecular formula is C11H10F5NO4. The molecule has 0 unspecified atom stereocenters. The topological polar surface area (TPSA) is 68.7 Å². The largest absolute Gasteiger partial charge is 0.574 e. The van der Waals surface area contributed by atoms with Crippen LogP contribution in [0, 0.1) is 0 Å². The third-order valence-corrected chi connectivity index (χ3v) is 2.14. The fourth-order valence-corrected chi connectivity index (χ4v) is 1.38. The van der Waals surface area contributed by atoms with E-state index >= 15 is 0 Å². The number of ether oxygens (including phenoxy) is 2. The Bertz CT molecular complexity index is 518. The number of carbonyl (C=O) groups is 1. The summed E-state index contributed by atoms with van der Waals surface area (Å²) in [5.41, 5.74) is -1.57. The van der Waals surface area contributed by atoms with Crippen molar-refractivity contribution in [1.82, 2.24) is 4.98 Å². The molecule has 1 heterocycles. The average Bonchev–Trinajstić information content (AvgIpc) is 2.32. The van der Waals surface area contributed by atoms with Gasteiger partial charge in [-0.25, -0.2) is 13.8 Å². The summed E-state index contributed by atoms with van der Waals surface area (Å²) < 4.78 is 69.4. The third-order valence-electron chi connectivity index (χ3n) is 2.14. The predicted octanol–water partition coefficient (Wildman–Crippen LogP) is 2.73. The van der Waals surface area contributed by atoms with Gasteiger partial charge in [-0.1, -0.05) is 0 Å². The minimum Gasteiger partial charge on any atom is -0.503 e. The van der Waals surface area contributed by atoms with Crippen LogP contribution in [0.5, 0.6) is 11.6 Å². The Labute approximate surface area is 115 Å². The van der Waals surface area contributed by atoms with Crippen molar-refractivity contribution in [3.05, 3.63) is 17.3 Å². The number of halogens is 5. The number of rotatable bonds is 5. The summed E-state index contributed by atoms with van der Waals surface area (Å²) in [5.74, 6) is -3.50. The zero-order valence-electron chi connectivity index (χ0n) is 10.6. The minimum absolute atomic E-state index is 0.0156. The molecule has 0 saturated heterocycles. The molecule has 0 amide bonds. The van der Waals surface area contributed by atoms with Gasteiger partial charge in [-0.15, -0.1) is 13.2 Å². The highest BCUT2D eigenvalue weighted by Gasteiger charge is 2.34. The molecule has 0 aliphatic rings. The zero-order chi connectivity index (χ0) is 16.2. The number of aromatic nitrogens is 1. The summed E-state index contributed by atoms with van der Waals surface area (Å²) >= 11 is 0. The molecule has 118 valence electrons. The van der Waals surface area contributed by atoms with E-state index < -0.39 is 48.1 Å². The van der Waals surface area contributed by atoms with E-state index in [1.54, 1.807) is 0 Å². The summed E-state index contributed by atoms with van der Waals surface area (Å²) in [6.45, 7) is 1.46. The van der Waals surface area contributed by atoms with Gasteiger partial charge in [0.1, 0.15) is 5.69 Å². The lowest BCUT2D eigenvalue weighted by Gasteiger charge is -2.13. The van der Waals surface area contributed by atoms with Crippen LogP contribution in [0.15, 0.2) is 6.07 Å². The van der Waals surface area contributed by atoms with Crippen molar-refractivity contribution in [2.75, 3.05) is 6.61 Å². The molecule has 0 fully saturated rings.